The Bertz CT molecular complexity index is 2590. The van der Waals surface area contributed by atoms with E-state index in [1.807, 2.05) is 12.1 Å². The molecule has 0 fully saturated rings. The van der Waals surface area contributed by atoms with Crippen LogP contribution >= 0.6 is 0 Å². The van der Waals surface area contributed by atoms with Gasteiger partial charge in [-0.15, -0.1) is 0 Å². The highest BCUT2D eigenvalue weighted by atomic mass is 16.3. The van der Waals surface area contributed by atoms with E-state index < -0.39 is 0 Å². The van der Waals surface area contributed by atoms with Crippen LogP contribution < -0.4 is 4.90 Å². The third-order valence-electron chi connectivity index (χ3n) is 9.50. The molecule has 9 aromatic rings. The zero-order valence-corrected chi connectivity index (χ0v) is 27.4. The van der Waals surface area contributed by atoms with E-state index in [9.17, 15) is 0 Å². The van der Waals surface area contributed by atoms with Gasteiger partial charge in [0.2, 0.25) is 0 Å². The van der Waals surface area contributed by atoms with Crippen molar-refractivity contribution in [2.75, 3.05) is 4.90 Å². The lowest BCUT2D eigenvalue weighted by molar-refractivity contribution is 0.669. The van der Waals surface area contributed by atoms with E-state index in [0.29, 0.717) is 0 Å². The van der Waals surface area contributed by atoms with Crippen molar-refractivity contribution in [1.82, 2.24) is 0 Å². The average Bonchev–Trinajstić information content (AvgIpc) is 3.57. The molecule has 0 aliphatic rings. The van der Waals surface area contributed by atoms with Gasteiger partial charge in [0.25, 0.3) is 0 Å². The minimum atomic E-state index is 0.874. The Kier molecular flexibility index (Phi) is 7.53. The highest BCUT2D eigenvalue weighted by Crippen LogP contribution is 2.50. The predicted octanol–water partition coefficient (Wildman–Crippen LogP) is 13.7. The summed E-state index contributed by atoms with van der Waals surface area (Å²) in [5.41, 5.74) is 14.3. The van der Waals surface area contributed by atoms with Crippen molar-refractivity contribution in [2.45, 2.75) is 0 Å². The van der Waals surface area contributed by atoms with Crippen molar-refractivity contribution >= 4 is 39.0 Å². The molecule has 50 heavy (non-hydrogen) atoms. The zero-order valence-electron chi connectivity index (χ0n) is 27.4. The third kappa shape index (κ3) is 5.24. The SMILES string of the molecule is c1ccc(-c2ccccc2-c2c(-c3ccccc3)cccc2N(c2ccc3oc4ccccc4c3c2)c2ccccc2-c2ccccc2)cc1. The van der Waals surface area contributed by atoms with Gasteiger partial charge in [-0.1, -0.05) is 164 Å². The van der Waals surface area contributed by atoms with E-state index in [2.05, 4.69) is 193 Å². The molecule has 0 bridgehead atoms. The lowest BCUT2D eigenvalue weighted by Gasteiger charge is -2.31. The Morgan fingerprint density at radius 1 is 0.320 bits per heavy atom. The van der Waals surface area contributed by atoms with Crippen LogP contribution in [0.25, 0.3) is 66.4 Å². The fourth-order valence-electron chi connectivity index (χ4n) is 7.23. The molecule has 1 aromatic heterocycles. The molecule has 0 saturated carbocycles. The Labute approximate surface area is 292 Å². The number of hydrogen-bond donors (Lipinski definition) is 0. The minimum absolute atomic E-state index is 0.874. The number of nitrogens with zero attached hydrogens (tertiary/aromatic N) is 1. The van der Waals surface area contributed by atoms with E-state index >= 15 is 0 Å². The Balaban J connectivity index is 1.39. The van der Waals surface area contributed by atoms with Gasteiger partial charge in [0.15, 0.2) is 0 Å². The van der Waals surface area contributed by atoms with Gasteiger partial charge in [-0.2, -0.15) is 0 Å². The molecule has 1 heterocycles. The molecule has 8 aromatic carbocycles. The molecule has 0 aliphatic carbocycles. The van der Waals surface area contributed by atoms with Crippen LogP contribution in [0.15, 0.2) is 205 Å². The van der Waals surface area contributed by atoms with E-state index in [1.165, 1.54) is 27.8 Å². The molecular formula is C48H33NO. The van der Waals surface area contributed by atoms with E-state index in [0.717, 1.165) is 55.7 Å². The monoisotopic (exact) mass is 639 g/mol. The summed E-state index contributed by atoms with van der Waals surface area (Å²) in [6, 6.07) is 71.2. The van der Waals surface area contributed by atoms with Crippen LogP contribution in [-0.2, 0) is 0 Å². The maximum absolute atomic E-state index is 6.31. The van der Waals surface area contributed by atoms with Crippen molar-refractivity contribution in [1.29, 1.82) is 0 Å². The van der Waals surface area contributed by atoms with Gasteiger partial charge in [0.1, 0.15) is 11.2 Å². The lowest BCUT2D eigenvalue weighted by atomic mass is 9.87. The molecule has 236 valence electrons. The maximum Gasteiger partial charge on any atom is 0.135 e. The minimum Gasteiger partial charge on any atom is -0.456 e. The number of benzene rings is 8. The van der Waals surface area contributed by atoms with Crippen LogP contribution in [0.3, 0.4) is 0 Å². The van der Waals surface area contributed by atoms with E-state index in [-0.39, 0.29) is 0 Å². The van der Waals surface area contributed by atoms with Gasteiger partial charge >= 0.3 is 0 Å². The number of furan rings is 1. The Hall–Kier alpha value is -6.64. The quantitative estimate of drug-likeness (QED) is 0.173. The molecule has 2 heteroatoms. The highest BCUT2D eigenvalue weighted by Gasteiger charge is 2.25. The summed E-state index contributed by atoms with van der Waals surface area (Å²) < 4.78 is 6.31. The van der Waals surface area contributed by atoms with Crippen molar-refractivity contribution < 1.29 is 4.42 Å². The molecule has 0 unspecified atom stereocenters. The number of hydrogen-bond acceptors (Lipinski definition) is 2. The van der Waals surface area contributed by atoms with Crippen LogP contribution in [0.2, 0.25) is 0 Å². The predicted molar refractivity (Wildman–Crippen MR) is 210 cm³/mol. The Morgan fingerprint density at radius 3 is 1.54 bits per heavy atom. The second-order valence-electron chi connectivity index (χ2n) is 12.5. The van der Waals surface area contributed by atoms with Gasteiger partial charge in [0.05, 0.1) is 11.4 Å². The first kappa shape index (κ1) is 29.5. The summed E-state index contributed by atoms with van der Waals surface area (Å²) in [6.45, 7) is 0. The summed E-state index contributed by atoms with van der Waals surface area (Å²) in [5.74, 6) is 0. The summed E-state index contributed by atoms with van der Waals surface area (Å²) in [4.78, 5) is 2.44. The van der Waals surface area contributed by atoms with Crippen LogP contribution in [0.5, 0.6) is 0 Å². The largest absolute Gasteiger partial charge is 0.456 e. The van der Waals surface area contributed by atoms with Crippen molar-refractivity contribution in [2.24, 2.45) is 0 Å². The molecular weight excluding hydrogens is 607 g/mol. The highest BCUT2D eigenvalue weighted by molar-refractivity contribution is 6.08. The number of fused-ring (bicyclic) bond motifs is 3. The van der Waals surface area contributed by atoms with E-state index in [4.69, 9.17) is 4.42 Å². The standard InChI is InChI=1S/C48H33NO/c1-4-17-34(18-5-1)38-23-10-11-26-42(38)48-40(36-21-8-3-9-22-36)27-16-29-45(48)49(44-28-14-12-24-39(44)35-19-6-2-7-20-35)37-31-32-47-43(33-37)41-25-13-15-30-46(41)50-47/h1-33H. The average molecular weight is 640 g/mol. The van der Waals surface area contributed by atoms with Crippen molar-refractivity contribution in [3.05, 3.63) is 200 Å². The van der Waals surface area contributed by atoms with Gasteiger partial charge in [-0.05, 0) is 69.8 Å². The molecule has 0 atom stereocenters. The fraction of sp³-hybridized carbons (Fsp3) is 0. The lowest BCUT2D eigenvalue weighted by Crippen LogP contribution is -2.13. The second kappa shape index (κ2) is 12.8. The topological polar surface area (TPSA) is 16.4 Å². The molecule has 9 rings (SSSR count). The molecule has 0 radical (unpaired) electrons. The second-order valence-corrected chi connectivity index (χ2v) is 12.5. The fourth-order valence-corrected chi connectivity index (χ4v) is 7.23. The van der Waals surface area contributed by atoms with Gasteiger partial charge < -0.3 is 9.32 Å². The van der Waals surface area contributed by atoms with E-state index in [1.54, 1.807) is 0 Å². The normalized spacial score (nSPS) is 11.2. The van der Waals surface area contributed by atoms with Crippen molar-refractivity contribution in [3.63, 3.8) is 0 Å². The first-order chi connectivity index (χ1) is 24.8. The van der Waals surface area contributed by atoms with Gasteiger partial charge in [-0.25, -0.2) is 0 Å². The van der Waals surface area contributed by atoms with Gasteiger partial charge in [0, 0.05) is 27.6 Å². The first-order valence-electron chi connectivity index (χ1n) is 17.0. The molecule has 0 N–H and O–H groups in total. The van der Waals surface area contributed by atoms with Crippen LogP contribution in [0.1, 0.15) is 0 Å². The third-order valence-corrected chi connectivity index (χ3v) is 9.50. The van der Waals surface area contributed by atoms with Crippen LogP contribution in [-0.4, -0.2) is 0 Å². The molecule has 2 nitrogen and oxygen atoms in total. The smallest absolute Gasteiger partial charge is 0.135 e. The Morgan fingerprint density at radius 2 is 0.820 bits per heavy atom. The number of para-hydroxylation sites is 2. The number of rotatable bonds is 7. The molecule has 0 aliphatic heterocycles. The zero-order chi connectivity index (χ0) is 33.3. The van der Waals surface area contributed by atoms with Crippen LogP contribution in [0, 0.1) is 0 Å². The molecule has 0 saturated heterocycles. The van der Waals surface area contributed by atoms with Crippen molar-refractivity contribution in [3.8, 4) is 44.5 Å². The molecule has 0 spiro atoms. The van der Waals surface area contributed by atoms with Gasteiger partial charge in [-0.3, -0.25) is 0 Å². The summed E-state index contributed by atoms with van der Waals surface area (Å²) in [7, 11) is 0. The number of anilines is 3. The maximum atomic E-state index is 6.31. The van der Waals surface area contributed by atoms with Crippen LogP contribution in [0.4, 0.5) is 17.1 Å². The summed E-state index contributed by atoms with van der Waals surface area (Å²) in [6.07, 6.45) is 0. The first-order valence-corrected chi connectivity index (χ1v) is 17.0. The summed E-state index contributed by atoms with van der Waals surface area (Å²) >= 11 is 0. The summed E-state index contributed by atoms with van der Waals surface area (Å²) in [5, 5.41) is 2.19. The molecule has 0 amide bonds.